The van der Waals surface area contributed by atoms with Crippen LogP contribution in [-0.2, 0) is 0 Å². The Bertz CT molecular complexity index is 965. The van der Waals surface area contributed by atoms with E-state index in [1.807, 2.05) is 48.6 Å². The number of benzene rings is 1. The summed E-state index contributed by atoms with van der Waals surface area (Å²) in [5.74, 6) is 2.28. The first-order chi connectivity index (χ1) is 13.7. The monoisotopic (exact) mass is 375 g/mol. The summed E-state index contributed by atoms with van der Waals surface area (Å²) in [5, 5.41) is 4.58. The minimum Gasteiger partial charge on any atom is -0.497 e. The topological polar surface area (TPSA) is 86.0 Å². The van der Waals surface area contributed by atoms with Crippen molar-refractivity contribution in [3.63, 3.8) is 0 Å². The Morgan fingerprint density at radius 3 is 2.68 bits per heavy atom. The zero-order chi connectivity index (χ0) is 19.3. The zero-order valence-electron chi connectivity index (χ0n) is 16.0. The van der Waals surface area contributed by atoms with Crippen molar-refractivity contribution in [1.29, 1.82) is 0 Å². The smallest absolute Gasteiger partial charge is 0.155 e. The van der Waals surface area contributed by atoms with Crippen molar-refractivity contribution in [2.24, 2.45) is 5.73 Å². The number of nitrogens with one attached hydrogen (secondary N) is 1. The lowest BCUT2D eigenvalue weighted by Gasteiger charge is -2.27. The first-order valence-electron chi connectivity index (χ1n) is 9.68. The highest BCUT2D eigenvalue weighted by Crippen LogP contribution is 2.28. The Morgan fingerprint density at radius 1 is 1.07 bits per heavy atom. The molecule has 1 saturated carbocycles. The van der Waals surface area contributed by atoms with Gasteiger partial charge in [0.1, 0.15) is 11.6 Å². The summed E-state index contributed by atoms with van der Waals surface area (Å²) in [7, 11) is 1.67. The minimum absolute atomic E-state index is 0.317. The van der Waals surface area contributed by atoms with E-state index in [0.29, 0.717) is 17.9 Å². The predicted octanol–water partition coefficient (Wildman–Crippen LogP) is 3.89. The van der Waals surface area contributed by atoms with Crippen LogP contribution in [0.5, 0.6) is 5.75 Å². The van der Waals surface area contributed by atoms with Crippen LogP contribution in [0.15, 0.2) is 42.6 Å². The van der Waals surface area contributed by atoms with E-state index in [1.54, 1.807) is 13.3 Å². The van der Waals surface area contributed by atoms with Crippen LogP contribution >= 0.6 is 0 Å². The Hall–Kier alpha value is -2.99. The number of ether oxygens (including phenoxy) is 1. The molecule has 2 aromatic heterocycles. The van der Waals surface area contributed by atoms with Crippen LogP contribution in [0.1, 0.15) is 37.2 Å². The molecule has 0 bridgehead atoms. The van der Waals surface area contributed by atoms with Crippen molar-refractivity contribution < 1.29 is 4.74 Å². The lowest BCUT2D eigenvalue weighted by atomic mass is 9.92. The average Bonchev–Trinajstić information content (AvgIpc) is 2.74. The van der Waals surface area contributed by atoms with E-state index >= 15 is 0 Å². The van der Waals surface area contributed by atoms with Crippen molar-refractivity contribution in [3.8, 4) is 5.75 Å². The van der Waals surface area contributed by atoms with Crippen molar-refractivity contribution >= 4 is 28.9 Å². The van der Waals surface area contributed by atoms with Crippen molar-refractivity contribution in [2.75, 3.05) is 12.4 Å². The van der Waals surface area contributed by atoms with Gasteiger partial charge in [-0.15, -0.1) is 0 Å². The molecule has 1 fully saturated rings. The third kappa shape index (κ3) is 4.28. The molecule has 4 rings (SSSR count). The molecule has 0 radical (unpaired) electrons. The molecule has 1 aliphatic carbocycles. The molecule has 3 aromatic rings. The quantitative estimate of drug-likeness (QED) is 0.704. The van der Waals surface area contributed by atoms with E-state index in [0.717, 1.165) is 53.8 Å². The maximum absolute atomic E-state index is 6.05. The van der Waals surface area contributed by atoms with Gasteiger partial charge in [0, 0.05) is 23.7 Å². The molecular weight excluding hydrogens is 350 g/mol. The second-order valence-electron chi connectivity index (χ2n) is 7.16. The van der Waals surface area contributed by atoms with E-state index in [-0.39, 0.29) is 0 Å². The molecular formula is C22H25N5O. The van der Waals surface area contributed by atoms with Crippen LogP contribution in [0.4, 0.5) is 5.82 Å². The largest absolute Gasteiger partial charge is 0.497 e. The molecule has 0 unspecified atom stereocenters. The summed E-state index contributed by atoms with van der Waals surface area (Å²) in [4.78, 5) is 13.8. The number of hydrogen-bond acceptors (Lipinski definition) is 6. The van der Waals surface area contributed by atoms with Gasteiger partial charge in [0.15, 0.2) is 5.82 Å². The SMILES string of the molecule is COc1ccc2nc(C=Cc3ccccn3)nc(N[C@H]3CC[C@@H](N)CC3)c2c1. The van der Waals surface area contributed by atoms with Gasteiger partial charge in [-0.2, -0.15) is 0 Å². The molecule has 6 nitrogen and oxygen atoms in total. The maximum Gasteiger partial charge on any atom is 0.155 e. The Kier molecular flexibility index (Phi) is 5.48. The molecule has 0 saturated heterocycles. The van der Waals surface area contributed by atoms with E-state index in [1.165, 1.54) is 0 Å². The molecule has 0 atom stereocenters. The van der Waals surface area contributed by atoms with Gasteiger partial charge in [0.05, 0.1) is 18.3 Å². The van der Waals surface area contributed by atoms with Crippen LogP contribution in [0.2, 0.25) is 0 Å². The third-order valence-electron chi connectivity index (χ3n) is 5.12. The predicted molar refractivity (Wildman–Crippen MR) is 113 cm³/mol. The first-order valence-corrected chi connectivity index (χ1v) is 9.68. The molecule has 0 aliphatic heterocycles. The van der Waals surface area contributed by atoms with E-state index in [9.17, 15) is 0 Å². The first kappa shape index (κ1) is 18.4. The number of nitrogens with two attached hydrogens (primary N) is 1. The normalized spacial score (nSPS) is 19.8. The minimum atomic E-state index is 0.317. The highest BCUT2D eigenvalue weighted by molar-refractivity contribution is 5.91. The number of aromatic nitrogens is 3. The molecule has 0 amide bonds. The second-order valence-corrected chi connectivity index (χ2v) is 7.16. The Labute approximate surface area is 164 Å². The lowest BCUT2D eigenvalue weighted by molar-refractivity contribution is 0.410. The molecule has 2 heterocycles. The van der Waals surface area contributed by atoms with Gasteiger partial charge in [-0.05, 0) is 68.2 Å². The molecule has 1 aromatic carbocycles. The van der Waals surface area contributed by atoms with Crippen LogP contribution in [0, 0.1) is 0 Å². The van der Waals surface area contributed by atoms with Gasteiger partial charge < -0.3 is 15.8 Å². The summed E-state index contributed by atoms with van der Waals surface area (Å²) >= 11 is 0. The van der Waals surface area contributed by atoms with Crippen molar-refractivity contribution in [3.05, 3.63) is 54.1 Å². The third-order valence-corrected chi connectivity index (χ3v) is 5.12. The van der Waals surface area contributed by atoms with Gasteiger partial charge in [0.2, 0.25) is 0 Å². The summed E-state index contributed by atoms with van der Waals surface area (Å²) < 4.78 is 5.39. The van der Waals surface area contributed by atoms with Crippen LogP contribution < -0.4 is 15.8 Å². The van der Waals surface area contributed by atoms with Gasteiger partial charge in [-0.1, -0.05) is 6.07 Å². The molecule has 0 spiro atoms. The zero-order valence-corrected chi connectivity index (χ0v) is 16.0. The van der Waals surface area contributed by atoms with Crippen molar-refractivity contribution in [2.45, 2.75) is 37.8 Å². The summed E-state index contributed by atoms with van der Waals surface area (Å²) in [6.07, 6.45) is 9.77. The number of pyridine rings is 1. The molecule has 28 heavy (non-hydrogen) atoms. The fraction of sp³-hybridized carbons (Fsp3) is 0.318. The number of fused-ring (bicyclic) bond motifs is 1. The highest BCUT2D eigenvalue weighted by atomic mass is 16.5. The van der Waals surface area contributed by atoms with Gasteiger partial charge >= 0.3 is 0 Å². The van der Waals surface area contributed by atoms with Crippen molar-refractivity contribution in [1.82, 2.24) is 15.0 Å². The summed E-state index contributed by atoms with van der Waals surface area (Å²) in [6, 6.07) is 12.4. The Morgan fingerprint density at radius 2 is 1.93 bits per heavy atom. The summed E-state index contributed by atoms with van der Waals surface area (Å²) in [5.41, 5.74) is 7.81. The number of methoxy groups -OCH3 is 1. The number of anilines is 1. The van der Waals surface area contributed by atoms with E-state index < -0.39 is 0 Å². The second kappa shape index (κ2) is 8.35. The van der Waals surface area contributed by atoms with E-state index in [2.05, 4.69) is 10.3 Å². The van der Waals surface area contributed by atoms with Crippen LogP contribution in [-0.4, -0.2) is 34.1 Å². The number of hydrogen-bond donors (Lipinski definition) is 2. The Balaban J connectivity index is 1.68. The van der Waals surface area contributed by atoms with Crippen LogP contribution in [0.25, 0.3) is 23.1 Å². The maximum atomic E-state index is 6.05. The van der Waals surface area contributed by atoms with Gasteiger partial charge in [-0.25, -0.2) is 9.97 Å². The fourth-order valence-electron chi connectivity index (χ4n) is 3.53. The van der Waals surface area contributed by atoms with E-state index in [4.69, 9.17) is 20.4 Å². The summed E-state index contributed by atoms with van der Waals surface area (Å²) in [6.45, 7) is 0. The molecule has 6 heteroatoms. The number of nitrogens with zero attached hydrogens (tertiary/aromatic N) is 3. The highest BCUT2D eigenvalue weighted by Gasteiger charge is 2.20. The van der Waals surface area contributed by atoms with Gasteiger partial charge in [-0.3, -0.25) is 4.98 Å². The standard InChI is InChI=1S/C22H25N5O/c1-28-18-10-11-20-19(14-18)22(25-17-7-5-15(23)6-8-17)27-21(26-20)12-9-16-4-2-3-13-24-16/h2-4,9-15,17H,5-8,23H2,1H3,(H,25,26,27)/t15-,17+. The van der Waals surface area contributed by atoms with Crippen LogP contribution in [0.3, 0.4) is 0 Å². The molecule has 1 aliphatic rings. The van der Waals surface area contributed by atoms with Gasteiger partial charge in [0.25, 0.3) is 0 Å². The molecule has 3 N–H and O–H groups in total. The lowest BCUT2D eigenvalue weighted by Crippen LogP contribution is -2.33. The average molecular weight is 375 g/mol. The fourth-order valence-corrected chi connectivity index (χ4v) is 3.53. The number of rotatable bonds is 5. The molecule has 144 valence electrons.